The van der Waals surface area contributed by atoms with E-state index in [9.17, 15) is 10.1 Å². The van der Waals surface area contributed by atoms with Crippen molar-refractivity contribution >= 4 is 5.69 Å². The zero-order valence-electron chi connectivity index (χ0n) is 11.4. The number of nitrogens with zero attached hydrogens (tertiary/aromatic N) is 3. The molecule has 1 aromatic heterocycles. The summed E-state index contributed by atoms with van der Waals surface area (Å²) in [6.45, 7) is 3.14. The highest BCUT2D eigenvalue weighted by Crippen LogP contribution is 2.33. The molecule has 1 saturated heterocycles. The van der Waals surface area contributed by atoms with E-state index in [0.717, 1.165) is 12.8 Å². The molecule has 2 rings (SSSR count). The van der Waals surface area contributed by atoms with Crippen LogP contribution >= 0.6 is 0 Å². The van der Waals surface area contributed by atoms with E-state index in [1.807, 2.05) is 0 Å². The van der Waals surface area contributed by atoms with Crippen molar-refractivity contribution < 1.29 is 19.5 Å². The first-order chi connectivity index (χ1) is 9.65. The minimum absolute atomic E-state index is 0.0204. The monoisotopic (exact) mass is 285 g/mol. The number of hydrogen-bond acceptors (Lipinski definition) is 6. The first kappa shape index (κ1) is 14.7. The lowest BCUT2D eigenvalue weighted by Gasteiger charge is -2.22. The van der Waals surface area contributed by atoms with Crippen LogP contribution in [0.25, 0.3) is 0 Å². The van der Waals surface area contributed by atoms with Gasteiger partial charge in [0.2, 0.25) is 0 Å². The Labute approximate surface area is 116 Å². The van der Waals surface area contributed by atoms with Crippen LogP contribution in [0.1, 0.15) is 31.0 Å². The molecule has 1 aliphatic rings. The third kappa shape index (κ3) is 3.07. The van der Waals surface area contributed by atoms with Crippen LogP contribution < -0.4 is 4.74 Å². The lowest BCUT2D eigenvalue weighted by molar-refractivity contribution is -0.386. The molecule has 8 nitrogen and oxygen atoms in total. The average Bonchev–Trinajstić information content (AvgIpc) is 2.77. The predicted molar refractivity (Wildman–Crippen MR) is 69.9 cm³/mol. The maximum absolute atomic E-state index is 11.2. The van der Waals surface area contributed by atoms with Gasteiger partial charge in [-0.2, -0.15) is 0 Å². The van der Waals surface area contributed by atoms with Crippen LogP contribution in [0.3, 0.4) is 0 Å². The van der Waals surface area contributed by atoms with Gasteiger partial charge < -0.3 is 14.6 Å². The molecular formula is C12H19N3O5. The molecule has 1 aliphatic heterocycles. The molecule has 1 N–H and O–H groups in total. The molecule has 0 bridgehead atoms. The van der Waals surface area contributed by atoms with Gasteiger partial charge in [-0.15, -0.1) is 5.10 Å². The van der Waals surface area contributed by atoms with E-state index in [1.54, 1.807) is 11.6 Å². The molecule has 1 aromatic rings. The van der Waals surface area contributed by atoms with E-state index in [0.29, 0.717) is 25.3 Å². The summed E-state index contributed by atoms with van der Waals surface area (Å²) in [5, 5.41) is 24.1. The second-order valence-corrected chi connectivity index (χ2v) is 4.71. The molecule has 0 radical (unpaired) electrons. The van der Waals surface area contributed by atoms with Crippen LogP contribution in [0.5, 0.6) is 5.88 Å². The van der Waals surface area contributed by atoms with Crippen LogP contribution in [0.15, 0.2) is 0 Å². The topological polar surface area (TPSA) is 99.7 Å². The lowest BCUT2D eigenvalue weighted by Crippen LogP contribution is -2.21. The Morgan fingerprint density at radius 1 is 1.55 bits per heavy atom. The first-order valence-corrected chi connectivity index (χ1v) is 6.70. The van der Waals surface area contributed by atoms with E-state index in [4.69, 9.17) is 14.6 Å². The van der Waals surface area contributed by atoms with Gasteiger partial charge in [-0.05, 0) is 19.8 Å². The van der Waals surface area contributed by atoms with Crippen LogP contribution in [-0.4, -0.2) is 46.2 Å². The van der Waals surface area contributed by atoms with E-state index in [-0.39, 0.29) is 30.8 Å². The van der Waals surface area contributed by atoms with Crippen molar-refractivity contribution in [1.82, 2.24) is 9.78 Å². The number of nitro groups is 1. The lowest BCUT2D eigenvalue weighted by atomic mass is 10.1. The van der Waals surface area contributed by atoms with Gasteiger partial charge in [-0.25, -0.2) is 0 Å². The van der Waals surface area contributed by atoms with E-state index in [1.165, 1.54) is 0 Å². The summed E-state index contributed by atoms with van der Waals surface area (Å²) in [5.74, 6) is 0.0347. The summed E-state index contributed by atoms with van der Waals surface area (Å²) in [7, 11) is 0. The number of aromatic nitrogens is 2. The molecule has 112 valence electrons. The summed E-state index contributed by atoms with van der Waals surface area (Å²) in [6, 6.07) is 0.109. The Morgan fingerprint density at radius 2 is 2.25 bits per heavy atom. The van der Waals surface area contributed by atoms with Gasteiger partial charge in [-0.3, -0.25) is 14.8 Å². The van der Waals surface area contributed by atoms with Gasteiger partial charge in [0.15, 0.2) is 0 Å². The van der Waals surface area contributed by atoms with Crippen molar-refractivity contribution in [1.29, 1.82) is 0 Å². The second kappa shape index (κ2) is 6.67. The normalized spacial score (nSPS) is 16.3. The fraction of sp³-hybridized carbons (Fsp3) is 0.750. The van der Waals surface area contributed by atoms with Gasteiger partial charge in [0.1, 0.15) is 5.69 Å². The van der Waals surface area contributed by atoms with Crippen LogP contribution in [-0.2, 0) is 4.74 Å². The number of hydrogen-bond donors (Lipinski definition) is 1. The summed E-state index contributed by atoms with van der Waals surface area (Å²) in [6.07, 6.45) is 1.99. The van der Waals surface area contributed by atoms with Crippen molar-refractivity contribution in [3.63, 3.8) is 0 Å². The third-order valence-electron chi connectivity index (χ3n) is 3.35. The molecule has 0 atom stereocenters. The smallest absolute Gasteiger partial charge is 0.352 e. The van der Waals surface area contributed by atoms with Gasteiger partial charge in [0, 0.05) is 26.2 Å². The van der Waals surface area contributed by atoms with Crippen molar-refractivity contribution in [3.05, 3.63) is 15.8 Å². The SMILES string of the molecule is Cc1c([N+](=O)[O-])c(OCCCO)nn1C1CCOCC1. The standard InChI is InChI=1S/C12H19N3O5/c1-9-11(15(17)18)12(20-6-2-5-16)13-14(9)10-3-7-19-8-4-10/h10,16H,2-8H2,1H3. The Balaban J connectivity index is 2.23. The third-order valence-corrected chi connectivity index (χ3v) is 3.35. The molecule has 20 heavy (non-hydrogen) atoms. The number of ether oxygens (including phenoxy) is 2. The van der Waals surface area contributed by atoms with Crippen molar-refractivity contribution in [3.8, 4) is 5.88 Å². The molecule has 0 amide bonds. The predicted octanol–water partition coefficient (Wildman–Crippen LogP) is 1.21. The van der Waals surface area contributed by atoms with Gasteiger partial charge in [-0.1, -0.05) is 0 Å². The maximum Gasteiger partial charge on any atom is 0.352 e. The Morgan fingerprint density at radius 3 is 2.85 bits per heavy atom. The molecule has 8 heteroatoms. The van der Waals surface area contributed by atoms with Crippen molar-refractivity contribution in [2.24, 2.45) is 0 Å². The van der Waals surface area contributed by atoms with Gasteiger partial charge in [0.05, 0.1) is 17.6 Å². The highest BCUT2D eigenvalue weighted by atomic mass is 16.6. The number of aliphatic hydroxyl groups excluding tert-OH is 1. The fourth-order valence-electron chi connectivity index (χ4n) is 2.31. The van der Waals surface area contributed by atoms with Gasteiger partial charge >= 0.3 is 11.6 Å². The first-order valence-electron chi connectivity index (χ1n) is 6.70. The van der Waals surface area contributed by atoms with E-state index < -0.39 is 4.92 Å². The maximum atomic E-state index is 11.2. The summed E-state index contributed by atoms with van der Waals surface area (Å²) in [4.78, 5) is 10.7. The molecule has 1 fully saturated rings. The summed E-state index contributed by atoms with van der Waals surface area (Å²) < 4.78 is 12.3. The Kier molecular flexibility index (Phi) is 4.91. The van der Waals surface area contributed by atoms with Crippen molar-refractivity contribution in [2.45, 2.75) is 32.2 Å². The highest BCUT2D eigenvalue weighted by Gasteiger charge is 2.30. The summed E-state index contributed by atoms with van der Waals surface area (Å²) in [5.41, 5.74) is 0.412. The minimum atomic E-state index is -0.466. The van der Waals surface area contributed by atoms with E-state index >= 15 is 0 Å². The molecule has 0 unspecified atom stereocenters. The average molecular weight is 285 g/mol. The van der Waals surface area contributed by atoms with Crippen LogP contribution in [0, 0.1) is 17.0 Å². The summed E-state index contributed by atoms with van der Waals surface area (Å²) >= 11 is 0. The van der Waals surface area contributed by atoms with Crippen molar-refractivity contribution in [2.75, 3.05) is 26.4 Å². The minimum Gasteiger partial charge on any atom is -0.472 e. The Hall–Kier alpha value is -1.67. The molecule has 2 heterocycles. The van der Waals surface area contributed by atoms with Gasteiger partial charge in [0.25, 0.3) is 0 Å². The Bertz CT molecular complexity index is 468. The molecule has 0 aliphatic carbocycles. The molecular weight excluding hydrogens is 266 g/mol. The zero-order valence-corrected chi connectivity index (χ0v) is 11.4. The number of aliphatic hydroxyl groups is 1. The molecule has 0 spiro atoms. The van der Waals surface area contributed by atoms with E-state index in [2.05, 4.69) is 5.10 Å². The highest BCUT2D eigenvalue weighted by molar-refractivity contribution is 5.45. The molecule has 0 aromatic carbocycles. The van der Waals surface area contributed by atoms with Crippen LogP contribution in [0.4, 0.5) is 5.69 Å². The largest absolute Gasteiger partial charge is 0.472 e. The molecule has 0 saturated carbocycles. The second-order valence-electron chi connectivity index (χ2n) is 4.71. The van der Waals surface area contributed by atoms with Crippen LogP contribution in [0.2, 0.25) is 0 Å². The zero-order chi connectivity index (χ0) is 14.5. The fourth-order valence-corrected chi connectivity index (χ4v) is 2.31. The number of rotatable bonds is 6. The quantitative estimate of drug-likeness (QED) is 0.479.